The summed E-state index contributed by atoms with van der Waals surface area (Å²) in [6, 6.07) is 9.29. The molecule has 0 saturated carbocycles. The quantitative estimate of drug-likeness (QED) is 0.717. The van der Waals surface area contributed by atoms with E-state index in [-0.39, 0.29) is 24.5 Å². The van der Waals surface area contributed by atoms with Crippen LogP contribution in [0.15, 0.2) is 30.3 Å². The minimum absolute atomic E-state index is 0.0390. The first kappa shape index (κ1) is 16.0. The Balaban J connectivity index is 2.45. The van der Waals surface area contributed by atoms with Crippen LogP contribution in [0.1, 0.15) is 44.7 Å². The third-order valence-corrected chi connectivity index (χ3v) is 3.08. The average molecular weight is 278 g/mol. The second kappa shape index (κ2) is 8.19. The van der Waals surface area contributed by atoms with Gasteiger partial charge in [-0.3, -0.25) is 4.79 Å². The molecule has 0 saturated heterocycles. The summed E-state index contributed by atoms with van der Waals surface area (Å²) in [6.07, 6.45) is 1.27. The molecular weight excluding hydrogens is 256 g/mol. The standard InChI is InChI=1S/C15H22N2O3/c1-3-13(12-7-5-4-6-8-12)17-15(20)16-11(2)9-10-14(18)19/h4-8,11,13H,3,9-10H2,1-2H3,(H,18,19)(H2,16,17,20). The van der Waals surface area contributed by atoms with E-state index in [4.69, 9.17) is 5.11 Å². The number of carboxylic acids is 1. The molecule has 2 atom stereocenters. The number of hydrogen-bond acceptors (Lipinski definition) is 2. The second-order valence-corrected chi connectivity index (χ2v) is 4.82. The lowest BCUT2D eigenvalue weighted by atomic mass is 10.1. The predicted octanol–water partition coefficient (Wildman–Crippen LogP) is 2.69. The van der Waals surface area contributed by atoms with E-state index in [0.717, 1.165) is 12.0 Å². The van der Waals surface area contributed by atoms with Gasteiger partial charge in [0, 0.05) is 12.5 Å². The van der Waals surface area contributed by atoms with E-state index in [2.05, 4.69) is 10.6 Å². The van der Waals surface area contributed by atoms with Gasteiger partial charge in [-0.1, -0.05) is 37.3 Å². The SMILES string of the molecule is CCC(NC(=O)NC(C)CCC(=O)O)c1ccccc1. The minimum Gasteiger partial charge on any atom is -0.481 e. The molecule has 20 heavy (non-hydrogen) atoms. The van der Waals surface area contributed by atoms with Crippen molar-refractivity contribution in [3.05, 3.63) is 35.9 Å². The van der Waals surface area contributed by atoms with Gasteiger partial charge in [-0.2, -0.15) is 0 Å². The molecule has 0 bridgehead atoms. The van der Waals surface area contributed by atoms with E-state index in [0.29, 0.717) is 6.42 Å². The van der Waals surface area contributed by atoms with Gasteiger partial charge < -0.3 is 15.7 Å². The van der Waals surface area contributed by atoms with Crippen LogP contribution in [0, 0.1) is 0 Å². The van der Waals surface area contributed by atoms with Crippen LogP contribution < -0.4 is 10.6 Å². The number of carbonyl (C=O) groups excluding carboxylic acids is 1. The monoisotopic (exact) mass is 278 g/mol. The maximum atomic E-state index is 11.9. The van der Waals surface area contributed by atoms with E-state index in [1.54, 1.807) is 6.92 Å². The minimum atomic E-state index is -0.852. The molecule has 2 unspecified atom stereocenters. The Hall–Kier alpha value is -2.04. The number of carboxylic acid groups (broad SMARTS) is 1. The lowest BCUT2D eigenvalue weighted by Crippen LogP contribution is -2.42. The average Bonchev–Trinajstić information content (AvgIpc) is 2.43. The van der Waals surface area contributed by atoms with Crippen LogP contribution in [0.4, 0.5) is 4.79 Å². The summed E-state index contributed by atoms with van der Waals surface area (Å²) >= 11 is 0. The summed E-state index contributed by atoms with van der Waals surface area (Å²) < 4.78 is 0. The second-order valence-electron chi connectivity index (χ2n) is 4.82. The molecule has 0 radical (unpaired) electrons. The van der Waals surface area contributed by atoms with Crippen LogP contribution in [0.3, 0.4) is 0 Å². The summed E-state index contributed by atoms with van der Waals surface area (Å²) in [6.45, 7) is 3.80. The van der Waals surface area contributed by atoms with E-state index in [1.165, 1.54) is 0 Å². The van der Waals surface area contributed by atoms with Gasteiger partial charge in [-0.05, 0) is 25.3 Å². The summed E-state index contributed by atoms with van der Waals surface area (Å²) in [4.78, 5) is 22.3. The van der Waals surface area contributed by atoms with E-state index in [1.807, 2.05) is 37.3 Å². The molecule has 3 N–H and O–H groups in total. The molecule has 0 aliphatic rings. The number of carbonyl (C=O) groups is 2. The molecule has 2 amide bonds. The van der Waals surface area contributed by atoms with Crippen LogP contribution in [0.2, 0.25) is 0 Å². The van der Waals surface area contributed by atoms with Gasteiger partial charge in [-0.25, -0.2) is 4.79 Å². The summed E-state index contributed by atoms with van der Waals surface area (Å²) in [5.41, 5.74) is 1.06. The van der Waals surface area contributed by atoms with Crippen molar-refractivity contribution < 1.29 is 14.7 Å². The molecule has 5 heteroatoms. The van der Waals surface area contributed by atoms with Crippen molar-refractivity contribution in [3.63, 3.8) is 0 Å². The van der Waals surface area contributed by atoms with Crippen molar-refractivity contribution in [2.75, 3.05) is 0 Å². The van der Waals surface area contributed by atoms with Gasteiger partial charge in [0.15, 0.2) is 0 Å². The number of rotatable bonds is 7. The van der Waals surface area contributed by atoms with Crippen molar-refractivity contribution in [2.45, 2.75) is 45.2 Å². The number of hydrogen-bond donors (Lipinski definition) is 3. The fourth-order valence-corrected chi connectivity index (χ4v) is 1.94. The van der Waals surface area contributed by atoms with Crippen molar-refractivity contribution in [1.82, 2.24) is 10.6 Å². The highest BCUT2D eigenvalue weighted by Crippen LogP contribution is 2.15. The topological polar surface area (TPSA) is 78.4 Å². The van der Waals surface area contributed by atoms with Crippen molar-refractivity contribution >= 4 is 12.0 Å². The number of aliphatic carboxylic acids is 1. The number of benzene rings is 1. The Kier molecular flexibility index (Phi) is 6.56. The van der Waals surface area contributed by atoms with Crippen LogP contribution in [-0.2, 0) is 4.79 Å². The molecule has 5 nitrogen and oxygen atoms in total. The predicted molar refractivity (Wildman–Crippen MR) is 77.5 cm³/mol. The molecule has 110 valence electrons. The number of nitrogens with one attached hydrogen (secondary N) is 2. The van der Waals surface area contributed by atoms with Gasteiger partial charge in [0.05, 0.1) is 6.04 Å². The van der Waals surface area contributed by atoms with Gasteiger partial charge in [0.1, 0.15) is 0 Å². The fourth-order valence-electron chi connectivity index (χ4n) is 1.94. The number of amides is 2. The molecule has 0 spiro atoms. The zero-order chi connectivity index (χ0) is 15.0. The fraction of sp³-hybridized carbons (Fsp3) is 0.467. The van der Waals surface area contributed by atoms with E-state index >= 15 is 0 Å². The van der Waals surface area contributed by atoms with Crippen molar-refractivity contribution in [2.24, 2.45) is 0 Å². The maximum Gasteiger partial charge on any atom is 0.315 e. The first-order chi connectivity index (χ1) is 9.52. The lowest BCUT2D eigenvalue weighted by molar-refractivity contribution is -0.137. The van der Waals surface area contributed by atoms with Crippen molar-refractivity contribution in [3.8, 4) is 0 Å². The Morgan fingerprint density at radius 3 is 2.40 bits per heavy atom. The molecule has 0 aliphatic carbocycles. The third-order valence-electron chi connectivity index (χ3n) is 3.08. The molecule has 1 aromatic carbocycles. The van der Waals surface area contributed by atoms with Crippen LogP contribution in [0.5, 0.6) is 0 Å². The first-order valence-corrected chi connectivity index (χ1v) is 6.86. The largest absolute Gasteiger partial charge is 0.481 e. The molecule has 1 rings (SSSR count). The van der Waals surface area contributed by atoms with Crippen LogP contribution in [-0.4, -0.2) is 23.1 Å². The maximum absolute atomic E-state index is 11.9. The van der Waals surface area contributed by atoms with Gasteiger partial charge in [0.2, 0.25) is 0 Å². The zero-order valence-corrected chi connectivity index (χ0v) is 11.9. The molecule has 0 heterocycles. The highest BCUT2D eigenvalue weighted by atomic mass is 16.4. The Bertz CT molecular complexity index is 434. The van der Waals surface area contributed by atoms with Crippen LogP contribution in [0.25, 0.3) is 0 Å². The van der Waals surface area contributed by atoms with E-state index in [9.17, 15) is 9.59 Å². The smallest absolute Gasteiger partial charge is 0.315 e. The zero-order valence-electron chi connectivity index (χ0n) is 11.9. The van der Waals surface area contributed by atoms with E-state index < -0.39 is 5.97 Å². The first-order valence-electron chi connectivity index (χ1n) is 6.86. The van der Waals surface area contributed by atoms with Crippen molar-refractivity contribution in [1.29, 1.82) is 0 Å². The highest BCUT2D eigenvalue weighted by Gasteiger charge is 2.14. The lowest BCUT2D eigenvalue weighted by Gasteiger charge is -2.20. The van der Waals surface area contributed by atoms with Gasteiger partial charge in [-0.15, -0.1) is 0 Å². The van der Waals surface area contributed by atoms with Gasteiger partial charge >= 0.3 is 12.0 Å². The summed E-state index contributed by atoms with van der Waals surface area (Å²) in [7, 11) is 0. The molecule has 1 aromatic rings. The Labute approximate surface area is 119 Å². The molecule has 0 aromatic heterocycles. The van der Waals surface area contributed by atoms with Crippen LogP contribution >= 0.6 is 0 Å². The molecule has 0 aliphatic heterocycles. The molecule has 0 fully saturated rings. The third kappa shape index (κ3) is 5.73. The van der Waals surface area contributed by atoms with Gasteiger partial charge in [0.25, 0.3) is 0 Å². The number of urea groups is 1. The Morgan fingerprint density at radius 2 is 1.85 bits per heavy atom. The summed E-state index contributed by atoms with van der Waals surface area (Å²) in [5, 5.41) is 14.3. The summed E-state index contributed by atoms with van der Waals surface area (Å²) in [5.74, 6) is -0.852. The molecular formula is C15H22N2O3. The highest BCUT2D eigenvalue weighted by molar-refractivity contribution is 5.75. The Morgan fingerprint density at radius 1 is 1.20 bits per heavy atom. The normalized spacial score (nSPS) is 13.3.